The predicted octanol–water partition coefficient (Wildman–Crippen LogP) is 4.52. The second kappa shape index (κ2) is 8.76. The predicted molar refractivity (Wildman–Crippen MR) is 113 cm³/mol. The van der Waals surface area contributed by atoms with Crippen molar-refractivity contribution in [2.75, 3.05) is 13.2 Å². The number of nitrogens with zero attached hydrogens (tertiary/aromatic N) is 1. The van der Waals surface area contributed by atoms with Gasteiger partial charge >= 0.3 is 0 Å². The van der Waals surface area contributed by atoms with Gasteiger partial charge in [-0.05, 0) is 48.2 Å². The molecule has 6 heteroatoms. The third-order valence-electron chi connectivity index (χ3n) is 5.11. The standard InChI is InChI=1S/C23H23FN2O2S/c1-16-8-11-29-22(16)15-26-9-10-28-21-7-6-17(12-19(21)14-26)23(27)25-13-18-4-2-3-5-20(18)24/h2-8,11-12H,9-10,13-15H2,1H3,(H,25,27). The highest BCUT2D eigenvalue weighted by atomic mass is 32.1. The molecule has 2 heterocycles. The first-order valence-electron chi connectivity index (χ1n) is 9.63. The van der Waals surface area contributed by atoms with Gasteiger partial charge in [-0.25, -0.2) is 4.39 Å². The van der Waals surface area contributed by atoms with E-state index < -0.39 is 0 Å². The van der Waals surface area contributed by atoms with Crippen LogP contribution in [0.3, 0.4) is 0 Å². The molecule has 0 fully saturated rings. The van der Waals surface area contributed by atoms with Crippen LogP contribution in [-0.4, -0.2) is 24.0 Å². The highest BCUT2D eigenvalue weighted by Gasteiger charge is 2.18. The first-order chi connectivity index (χ1) is 14.1. The molecule has 29 heavy (non-hydrogen) atoms. The minimum Gasteiger partial charge on any atom is -0.492 e. The lowest BCUT2D eigenvalue weighted by Crippen LogP contribution is -2.25. The topological polar surface area (TPSA) is 41.6 Å². The fourth-order valence-corrected chi connectivity index (χ4v) is 4.36. The number of carbonyl (C=O) groups excluding carboxylic acids is 1. The van der Waals surface area contributed by atoms with E-state index in [1.54, 1.807) is 35.6 Å². The summed E-state index contributed by atoms with van der Waals surface area (Å²) in [5, 5.41) is 4.92. The summed E-state index contributed by atoms with van der Waals surface area (Å²) < 4.78 is 19.7. The van der Waals surface area contributed by atoms with Gasteiger partial charge in [0.05, 0.1) is 0 Å². The van der Waals surface area contributed by atoms with Crippen LogP contribution >= 0.6 is 11.3 Å². The van der Waals surface area contributed by atoms with Crippen LogP contribution in [0.1, 0.15) is 31.9 Å². The van der Waals surface area contributed by atoms with Gasteiger partial charge in [-0.2, -0.15) is 0 Å². The van der Waals surface area contributed by atoms with E-state index in [-0.39, 0.29) is 18.3 Å². The molecule has 0 radical (unpaired) electrons. The Hall–Kier alpha value is -2.70. The van der Waals surface area contributed by atoms with Crippen molar-refractivity contribution in [3.05, 3.63) is 86.9 Å². The minimum atomic E-state index is -0.317. The van der Waals surface area contributed by atoms with Crippen molar-refractivity contribution in [1.82, 2.24) is 10.2 Å². The number of rotatable bonds is 5. The highest BCUT2D eigenvalue weighted by Crippen LogP contribution is 2.27. The Balaban J connectivity index is 1.46. The van der Waals surface area contributed by atoms with Gasteiger partial charge in [0.15, 0.2) is 0 Å². The zero-order chi connectivity index (χ0) is 20.2. The maximum Gasteiger partial charge on any atom is 0.251 e. The molecule has 1 N–H and O–H groups in total. The Morgan fingerprint density at radius 3 is 2.90 bits per heavy atom. The van der Waals surface area contributed by atoms with Crippen molar-refractivity contribution in [2.24, 2.45) is 0 Å². The number of ether oxygens (including phenoxy) is 1. The van der Waals surface area contributed by atoms with E-state index in [0.29, 0.717) is 17.7 Å². The Morgan fingerprint density at radius 1 is 1.24 bits per heavy atom. The van der Waals surface area contributed by atoms with Crippen molar-refractivity contribution in [1.29, 1.82) is 0 Å². The third-order valence-corrected chi connectivity index (χ3v) is 6.12. The number of benzene rings is 2. The summed E-state index contributed by atoms with van der Waals surface area (Å²) in [5.41, 5.74) is 3.33. The zero-order valence-corrected chi connectivity index (χ0v) is 17.1. The van der Waals surface area contributed by atoms with Crippen LogP contribution in [-0.2, 0) is 19.6 Å². The van der Waals surface area contributed by atoms with Gasteiger partial charge in [-0.3, -0.25) is 9.69 Å². The Morgan fingerprint density at radius 2 is 2.10 bits per heavy atom. The van der Waals surface area contributed by atoms with E-state index in [2.05, 4.69) is 28.6 Å². The molecule has 4 rings (SSSR count). The molecular formula is C23H23FN2O2S. The van der Waals surface area contributed by atoms with Gasteiger partial charge in [-0.15, -0.1) is 11.3 Å². The summed E-state index contributed by atoms with van der Waals surface area (Å²) >= 11 is 1.77. The lowest BCUT2D eigenvalue weighted by atomic mass is 10.1. The van der Waals surface area contributed by atoms with Crippen molar-refractivity contribution in [3.8, 4) is 5.75 Å². The summed E-state index contributed by atoms with van der Waals surface area (Å²) in [7, 11) is 0. The molecule has 1 amide bonds. The summed E-state index contributed by atoms with van der Waals surface area (Å²) in [4.78, 5) is 16.3. The van der Waals surface area contributed by atoms with E-state index in [0.717, 1.165) is 30.9 Å². The first kappa shape index (κ1) is 19.6. The summed E-state index contributed by atoms with van der Waals surface area (Å²) in [6, 6.07) is 14.1. The maximum absolute atomic E-state index is 13.8. The Bertz CT molecular complexity index is 1020. The molecule has 0 spiro atoms. The minimum absolute atomic E-state index is 0.156. The second-order valence-corrected chi connectivity index (χ2v) is 8.18. The molecule has 150 valence electrons. The number of fused-ring (bicyclic) bond motifs is 1. The molecule has 1 aliphatic heterocycles. The smallest absolute Gasteiger partial charge is 0.251 e. The molecular weight excluding hydrogens is 387 g/mol. The molecule has 1 aliphatic rings. The largest absolute Gasteiger partial charge is 0.492 e. The lowest BCUT2D eigenvalue weighted by Gasteiger charge is -2.19. The number of aryl methyl sites for hydroxylation is 1. The molecule has 0 aliphatic carbocycles. The van der Waals surface area contributed by atoms with Crippen molar-refractivity contribution >= 4 is 17.2 Å². The Labute approximate surface area is 173 Å². The third kappa shape index (κ3) is 4.66. The number of hydrogen-bond donors (Lipinski definition) is 1. The van der Waals surface area contributed by atoms with Crippen LogP contribution < -0.4 is 10.1 Å². The molecule has 0 atom stereocenters. The molecule has 3 aromatic rings. The molecule has 1 aromatic heterocycles. The highest BCUT2D eigenvalue weighted by molar-refractivity contribution is 7.10. The van der Waals surface area contributed by atoms with E-state index in [1.807, 2.05) is 12.1 Å². The van der Waals surface area contributed by atoms with E-state index in [9.17, 15) is 9.18 Å². The summed E-state index contributed by atoms with van der Waals surface area (Å²) in [6.45, 7) is 5.34. The normalized spacial score (nSPS) is 14.0. The molecule has 4 nitrogen and oxygen atoms in total. The zero-order valence-electron chi connectivity index (χ0n) is 16.3. The number of thiophene rings is 1. The quantitative estimate of drug-likeness (QED) is 0.672. The van der Waals surface area contributed by atoms with Gasteiger partial charge < -0.3 is 10.1 Å². The first-order valence-corrected chi connectivity index (χ1v) is 10.5. The van der Waals surface area contributed by atoms with Crippen molar-refractivity contribution in [2.45, 2.75) is 26.6 Å². The van der Waals surface area contributed by atoms with Crippen LogP contribution in [0.15, 0.2) is 53.9 Å². The monoisotopic (exact) mass is 410 g/mol. The second-order valence-electron chi connectivity index (χ2n) is 7.18. The molecule has 0 unspecified atom stereocenters. The number of hydrogen-bond acceptors (Lipinski definition) is 4. The fourth-order valence-electron chi connectivity index (χ4n) is 3.41. The average molecular weight is 411 g/mol. The van der Waals surface area contributed by atoms with Crippen molar-refractivity contribution in [3.63, 3.8) is 0 Å². The lowest BCUT2D eigenvalue weighted by molar-refractivity contribution is 0.0950. The van der Waals surface area contributed by atoms with Gasteiger partial charge in [0.1, 0.15) is 18.2 Å². The van der Waals surface area contributed by atoms with Crippen LogP contribution in [0.2, 0.25) is 0 Å². The molecule has 2 aromatic carbocycles. The fraction of sp³-hybridized carbons (Fsp3) is 0.261. The van der Waals surface area contributed by atoms with Gasteiger partial charge in [0.25, 0.3) is 5.91 Å². The van der Waals surface area contributed by atoms with Crippen LogP contribution in [0, 0.1) is 12.7 Å². The maximum atomic E-state index is 13.8. The van der Waals surface area contributed by atoms with Crippen LogP contribution in [0.4, 0.5) is 4.39 Å². The molecule has 0 saturated heterocycles. The van der Waals surface area contributed by atoms with Gasteiger partial charge in [0, 0.05) is 47.7 Å². The SMILES string of the molecule is Cc1ccsc1CN1CCOc2ccc(C(=O)NCc3ccccc3F)cc2C1. The molecule has 0 saturated carbocycles. The van der Waals surface area contributed by atoms with E-state index in [4.69, 9.17) is 4.74 Å². The van der Waals surface area contributed by atoms with Crippen LogP contribution in [0.25, 0.3) is 0 Å². The van der Waals surface area contributed by atoms with Crippen molar-refractivity contribution < 1.29 is 13.9 Å². The average Bonchev–Trinajstić information content (AvgIpc) is 3.01. The van der Waals surface area contributed by atoms with Crippen LogP contribution in [0.5, 0.6) is 5.75 Å². The summed E-state index contributed by atoms with van der Waals surface area (Å²) in [6.07, 6.45) is 0. The van der Waals surface area contributed by atoms with E-state index in [1.165, 1.54) is 16.5 Å². The van der Waals surface area contributed by atoms with Gasteiger partial charge in [-0.1, -0.05) is 18.2 Å². The summed E-state index contributed by atoms with van der Waals surface area (Å²) in [5.74, 6) is 0.282. The number of halogens is 1. The molecule has 0 bridgehead atoms. The number of carbonyl (C=O) groups is 1. The van der Waals surface area contributed by atoms with Gasteiger partial charge in [0.2, 0.25) is 0 Å². The number of nitrogens with one attached hydrogen (secondary N) is 1. The Kier molecular flexibility index (Phi) is 5.92. The van der Waals surface area contributed by atoms with E-state index >= 15 is 0 Å². The number of amides is 1.